The molecule has 5 heterocycles. The minimum absolute atomic E-state index is 0.193. The van der Waals surface area contributed by atoms with Gasteiger partial charge >= 0.3 is 0 Å². The third-order valence-corrected chi connectivity index (χ3v) is 6.52. The summed E-state index contributed by atoms with van der Waals surface area (Å²) in [5, 5.41) is 2.90. The molecule has 3 N–H and O–H groups in total. The Labute approximate surface area is 184 Å². The number of morpholine rings is 1. The van der Waals surface area contributed by atoms with Crippen molar-refractivity contribution in [1.29, 1.82) is 0 Å². The summed E-state index contributed by atoms with van der Waals surface area (Å²) in [6, 6.07) is 7.72. The Morgan fingerprint density at radius 2 is 2.06 bits per heavy atom. The second kappa shape index (κ2) is 8.62. The number of nitrogens with two attached hydrogens (primary N) is 1. The van der Waals surface area contributed by atoms with Crippen molar-refractivity contribution in [2.45, 2.75) is 13.0 Å². The molecule has 3 aromatic heterocycles. The van der Waals surface area contributed by atoms with Crippen LogP contribution in [0.2, 0.25) is 0 Å². The van der Waals surface area contributed by atoms with Gasteiger partial charge in [-0.3, -0.25) is 14.7 Å². The molecule has 1 saturated heterocycles. The number of carbonyl (C=O) groups excluding carboxylic acids is 1. The van der Waals surface area contributed by atoms with Crippen molar-refractivity contribution in [3.05, 3.63) is 52.8 Å². The maximum atomic E-state index is 13.0. The van der Waals surface area contributed by atoms with Gasteiger partial charge in [-0.15, -0.1) is 11.3 Å². The average Bonchev–Trinajstić information content (AvgIpc) is 3.45. The molecule has 2 aliphatic heterocycles. The molecule has 2 aliphatic rings. The van der Waals surface area contributed by atoms with Crippen LogP contribution in [0, 0.1) is 0 Å². The lowest BCUT2D eigenvalue weighted by molar-refractivity contribution is 0.0346. The summed E-state index contributed by atoms with van der Waals surface area (Å²) in [5.41, 5.74) is 8.69. The average molecular weight is 438 g/mol. The summed E-state index contributed by atoms with van der Waals surface area (Å²) < 4.78 is 11.0. The zero-order valence-corrected chi connectivity index (χ0v) is 17.8. The molecule has 1 amide bonds. The van der Waals surface area contributed by atoms with Crippen molar-refractivity contribution in [2.24, 2.45) is 0 Å². The van der Waals surface area contributed by atoms with Gasteiger partial charge in [-0.05, 0) is 24.3 Å². The number of thiophene rings is 1. The van der Waals surface area contributed by atoms with Gasteiger partial charge in [0.15, 0.2) is 5.75 Å². The lowest BCUT2D eigenvalue weighted by Gasteiger charge is -2.25. The van der Waals surface area contributed by atoms with E-state index in [1.807, 2.05) is 0 Å². The maximum Gasteiger partial charge on any atom is 0.259 e. The molecular formula is C22H23N5O3S. The first kappa shape index (κ1) is 19.9. The van der Waals surface area contributed by atoms with Gasteiger partial charge in [-0.2, -0.15) is 0 Å². The third-order valence-electron chi connectivity index (χ3n) is 5.40. The number of nitrogens with one attached hydrogen (secondary N) is 1. The molecule has 0 radical (unpaired) electrons. The molecule has 0 bridgehead atoms. The largest absolute Gasteiger partial charge is 0.489 e. The Hall–Kier alpha value is -3.01. The zero-order chi connectivity index (χ0) is 21.2. The van der Waals surface area contributed by atoms with Crippen molar-refractivity contribution in [3.63, 3.8) is 0 Å². The van der Waals surface area contributed by atoms with Crippen molar-refractivity contribution in [2.75, 3.05) is 44.0 Å². The SMILES string of the molecule is Nc1ncc(-c2ccc(CN3CCOCC3)s2)cc1C(=O)Nc1ccnc2c1OCC2. The normalized spacial score (nSPS) is 16.0. The summed E-state index contributed by atoms with van der Waals surface area (Å²) >= 11 is 1.70. The Balaban J connectivity index is 1.35. The van der Waals surface area contributed by atoms with Crippen LogP contribution in [-0.4, -0.2) is 53.7 Å². The number of anilines is 2. The quantitative estimate of drug-likeness (QED) is 0.633. The second-order valence-corrected chi connectivity index (χ2v) is 8.67. The molecule has 31 heavy (non-hydrogen) atoms. The highest BCUT2D eigenvalue weighted by Crippen LogP contribution is 2.33. The number of pyridine rings is 2. The molecule has 0 aromatic carbocycles. The third kappa shape index (κ3) is 4.25. The zero-order valence-electron chi connectivity index (χ0n) is 17.0. The molecule has 0 spiro atoms. The van der Waals surface area contributed by atoms with Crippen LogP contribution in [0.5, 0.6) is 5.75 Å². The molecule has 0 atom stereocenters. The number of amides is 1. The standard InChI is InChI=1S/C22H23N5O3S/c23-21-16(22(28)26-18-3-5-24-17-4-8-30-20(17)18)11-14(12-25-21)19-2-1-15(31-19)13-27-6-9-29-10-7-27/h1-3,5,11-12H,4,6-10,13H2,(H2,23,25)(H,24,26,28). The summed E-state index contributed by atoms with van der Waals surface area (Å²) in [6.45, 7) is 4.93. The van der Waals surface area contributed by atoms with Gasteiger partial charge in [0.1, 0.15) is 5.82 Å². The highest BCUT2D eigenvalue weighted by molar-refractivity contribution is 7.15. The Morgan fingerprint density at radius 3 is 2.94 bits per heavy atom. The molecule has 160 valence electrons. The number of carbonyl (C=O) groups is 1. The molecular weight excluding hydrogens is 414 g/mol. The molecule has 3 aromatic rings. The Morgan fingerprint density at radius 1 is 1.19 bits per heavy atom. The van der Waals surface area contributed by atoms with Crippen LogP contribution in [0.1, 0.15) is 20.9 Å². The molecule has 1 fully saturated rings. The summed E-state index contributed by atoms with van der Waals surface area (Å²) in [6.07, 6.45) is 4.12. The summed E-state index contributed by atoms with van der Waals surface area (Å²) in [7, 11) is 0. The lowest BCUT2D eigenvalue weighted by atomic mass is 10.1. The minimum Gasteiger partial charge on any atom is -0.489 e. The van der Waals surface area contributed by atoms with Gasteiger partial charge in [0.05, 0.1) is 36.8 Å². The number of fused-ring (bicyclic) bond motifs is 1. The highest BCUT2D eigenvalue weighted by atomic mass is 32.1. The van der Waals surface area contributed by atoms with Crippen molar-refractivity contribution in [3.8, 4) is 16.2 Å². The molecule has 0 saturated carbocycles. The van der Waals surface area contributed by atoms with E-state index in [-0.39, 0.29) is 11.7 Å². The van der Waals surface area contributed by atoms with Crippen LogP contribution in [0.4, 0.5) is 11.5 Å². The smallest absolute Gasteiger partial charge is 0.259 e. The second-order valence-electron chi connectivity index (χ2n) is 7.50. The van der Waals surface area contributed by atoms with Crippen LogP contribution < -0.4 is 15.8 Å². The monoisotopic (exact) mass is 437 g/mol. The summed E-state index contributed by atoms with van der Waals surface area (Å²) in [5.74, 6) is 0.503. The van der Waals surface area contributed by atoms with Gasteiger partial charge < -0.3 is 20.5 Å². The number of nitrogen functional groups attached to an aromatic ring is 1. The van der Waals surface area contributed by atoms with E-state index in [1.54, 1.807) is 35.9 Å². The number of hydrogen-bond acceptors (Lipinski definition) is 8. The fraction of sp³-hybridized carbons (Fsp3) is 0.318. The fourth-order valence-electron chi connectivity index (χ4n) is 3.76. The molecule has 9 heteroatoms. The molecule has 5 rings (SSSR count). The van der Waals surface area contributed by atoms with E-state index < -0.39 is 0 Å². The van der Waals surface area contributed by atoms with E-state index in [9.17, 15) is 4.79 Å². The first-order valence-electron chi connectivity index (χ1n) is 10.2. The first-order valence-corrected chi connectivity index (χ1v) is 11.1. The van der Waals surface area contributed by atoms with Crippen LogP contribution in [-0.2, 0) is 17.7 Å². The van der Waals surface area contributed by atoms with E-state index in [0.717, 1.165) is 55.4 Å². The van der Waals surface area contributed by atoms with E-state index in [1.165, 1.54) is 4.88 Å². The lowest BCUT2D eigenvalue weighted by Crippen LogP contribution is -2.35. The predicted molar refractivity (Wildman–Crippen MR) is 119 cm³/mol. The van der Waals surface area contributed by atoms with Crippen molar-refractivity contribution in [1.82, 2.24) is 14.9 Å². The highest BCUT2D eigenvalue weighted by Gasteiger charge is 2.21. The first-order chi connectivity index (χ1) is 15.2. The van der Waals surface area contributed by atoms with Gasteiger partial charge in [0.2, 0.25) is 0 Å². The van der Waals surface area contributed by atoms with Crippen LogP contribution in [0.15, 0.2) is 36.7 Å². The summed E-state index contributed by atoms with van der Waals surface area (Å²) in [4.78, 5) is 26.2. The minimum atomic E-state index is -0.319. The van der Waals surface area contributed by atoms with Crippen molar-refractivity contribution >= 4 is 28.7 Å². The molecule has 0 unspecified atom stereocenters. The van der Waals surface area contributed by atoms with E-state index >= 15 is 0 Å². The topological polar surface area (TPSA) is 103 Å². The van der Waals surface area contributed by atoms with Gasteiger partial charge in [0.25, 0.3) is 5.91 Å². The van der Waals surface area contributed by atoms with Gasteiger partial charge in [0, 0.05) is 53.8 Å². The van der Waals surface area contributed by atoms with Crippen LogP contribution in [0.25, 0.3) is 10.4 Å². The van der Waals surface area contributed by atoms with E-state index in [2.05, 4.69) is 32.3 Å². The van der Waals surface area contributed by atoms with E-state index in [0.29, 0.717) is 23.6 Å². The van der Waals surface area contributed by atoms with Crippen LogP contribution in [0.3, 0.4) is 0 Å². The molecule has 8 nitrogen and oxygen atoms in total. The number of hydrogen-bond donors (Lipinski definition) is 2. The number of rotatable bonds is 5. The van der Waals surface area contributed by atoms with Gasteiger partial charge in [-0.25, -0.2) is 4.98 Å². The van der Waals surface area contributed by atoms with Gasteiger partial charge in [-0.1, -0.05) is 0 Å². The maximum absolute atomic E-state index is 13.0. The van der Waals surface area contributed by atoms with Crippen molar-refractivity contribution < 1.29 is 14.3 Å². The van der Waals surface area contributed by atoms with Crippen LogP contribution >= 0.6 is 11.3 Å². The number of nitrogens with zero attached hydrogens (tertiary/aromatic N) is 3. The predicted octanol–water partition coefficient (Wildman–Crippen LogP) is 2.81. The number of ether oxygens (including phenoxy) is 2. The Kier molecular flexibility index (Phi) is 5.54. The fourth-order valence-corrected chi connectivity index (χ4v) is 4.79. The molecule has 0 aliphatic carbocycles. The Bertz CT molecular complexity index is 1110. The van der Waals surface area contributed by atoms with E-state index in [4.69, 9.17) is 15.2 Å². The number of aromatic nitrogens is 2.